The third kappa shape index (κ3) is 1.75. The van der Waals surface area contributed by atoms with Crippen molar-refractivity contribution in [2.45, 2.75) is 23.4 Å². The fourth-order valence-electron chi connectivity index (χ4n) is 2.76. The van der Waals surface area contributed by atoms with E-state index in [1.165, 1.54) is 0 Å². The summed E-state index contributed by atoms with van der Waals surface area (Å²) in [6, 6.07) is 11.3. The Balaban J connectivity index is 2.02. The molecule has 0 unspecified atom stereocenters. The average molecular weight is 294 g/mol. The second-order valence-corrected chi connectivity index (χ2v) is 6.12. The van der Waals surface area contributed by atoms with Crippen LogP contribution in [0.15, 0.2) is 30.3 Å². The second kappa shape index (κ2) is 4.71. The molecule has 2 saturated heterocycles. The summed E-state index contributed by atoms with van der Waals surface area (Å²) in [6.07, 6.45) is 0.586. The Kier molecular flexibility index (Phi) is 3.17. The van der Waals surface area contributed by atoms with Gasteiger partial charge in [-0.15, -0.1) is 11.8 Å². The molecule has 1 aromatic rings. The summed E-state index contributed by atoms with van der Waals surface area (Å²) in [6.45, 7) is 0. The molecular formula is C13H12ClN3OS. The summed E-state index contributed by atoms with van der Waals surface area (Å²) >= 11 is 7.55. The molecular weight excluding hydrogens is 282 g/mol. The Bertz CT molecular complexity index is 547. The highest BCUT2D eigenvalue weighted by Crippen LogP contribution is 2.46. The molecule has 2 aliphatic rings. The maximum Gasteiger partial charge on any atom is 0.250 e. The van der Waals surface area contributed by atoms with Crippen LogP contribution in [-0.2, 0) is 10.3 Å². The van der Waals surface area contributed by atoms with Gasteiger partial charge in [0.1, 0.15) is 11.6 Å². The molecule has 19 heavy (non-hydrogen) atoms. The Morgan fingerprint density at radius 3 is 2.84 bits per heavy atom. The highest BCUT2D eigenvalue weighted by atomic mass is 35.5. The molecule has 98 valence electrons. The first-order valence-corrected chi connectivity index (χ1v) is 7.43. The minimum absolute atomic E-state index is 0.0311. The molecule has 3 atom stereocenters. The van der Waals surface area contributed by atoms with E-state index in [2.05, 4.69) is 10.9 Å². The van der Waals surface area contributed by atoms with E-state index in [1.807, 2.05) is 30.3 Å². The molecule has 6 heteroatoms. The van der Waals surface area contributed by atoms with Gasteiger partial charge in [0.15, 0.2) is 0 Å². The lowest BCUT2D eigenvalue weighted by Crippen LogP contribution is -2.47. The van der Waals surface area contributed by atoms with Crippen LogP contribution in [0, 0.1) is 11.3 Å². The van der Waals surface area contributed by atoms with Gasteiger partial charge in [-0.2, -0.15) is 5.26 Å². The maximum absolute atomic E-state index is 12.7. The number of thioether (sulfide) groups is 1. The van der Waals surface area contributed by atoms with Gasteiger partial charge in [-0.05, 0) is 17.3 Å². The number of fused-ring (bicyclic) bond motifs is 1. The molecule has 2 aliphatic heterocycles. The fraction of sp³-hybridized carbons (Fsp3) is 0.385. The molecule has 2 fully saturated rings. The predicted molar refractivity (Wildman–Crippen MR) is 74.2 cm³/mol. The van der Waals surface area contributed by atoms with Crippen LogP contribution in [0.1, 0.15) is 12.0 Å². The summed E-state index contributed by atoms with van der Waals surface area (Å²) in [5.74, 6) is 0.579. The van der Waals surface area contributed by atoms with Gasteiger partial charge in [0.05, 0.1) is 11.4 Å². The Hall–Kier alpha value is -1.22. The third-order valence-corrected chi connectivity index (χ3v) is 5.36. The number of amides is 1. The van der Waals surface area contributed by atoms with E-state index in [-0.39, 0.29) is 17.3 Å². The van der Waals surface area contributed by atoms with Crippen molar-refractivity contribution in [2.75, 3.05) is 5.75 Å². The molecule has 2 heterocycles. The standard InChI is InChI=1S/C13H12ClN3OS/c14-16-13(9-4-2-1-3-5-9)6-11-17(12(13)18)10(7-15)8-19-11/h1-5,10-11,16H,6,8H2/t10-,11+,13+/m1/s1. The topological polar surface area (TPSA) is 56.1 Å². The van der Waals surface area contributed by atoms with Crippen LogP contribution in [-0.4, -0.2) is 28.0 Å². The number of carbonyl (C=O) groups is 1. The summed E-state index contributed by atoms with van der Waals surface area (Å²) in [4.78, 5) is 17.1. The molecule has 1 aromatic carbocycles. The van der Waals surface area contributed by atoms with Crippen molar-refractivity contribution < 1.29 is 4.79 Å². The van der Waals surface area contributed by atoms with Crippen LogP contribution in [0.3, 0.4) is 0 Å². The van der Waals surface area contributed by atoms with E-state index in [9.17, 15) is 4.79 Å². The lowest BCUT2D eigenvalue weighted by Gasteiger charge is -2.27. The van der Waals surface area contributed by atoms with E-state index in [4.69, 9.17) is 17.0 Å². The van der Waals surface area contributed by atoms with Crippen molar-refractivity contribution >= 4 is 29.4 Å². The second-order valence-electron chi connectivity index (χ2n) is 4.72. The van der Waals surface area contributed by atoms with Crippen molar-refractivity contribution in [1.82, 2.24) is 9.74 Å². The Morgan fingerprint density at radius 1 is 1.47 bits per heavy atom. The first-order valence-electron chi connectivity index (χ1n) is 6.00. The molecule has 0 spiro atoms. The molecule has 3 rings (SSSR count). The molecule has 4 nitrogen and oxygen atoms in total. The third-order valence-electron chi connectivity index (χ3n) is 3.75. The number of hydrogen-bond donors (Lipinski definition) is 1. The number of rotatable bonds is 2. The zero-order valence-corrected chi connectivity index (χ0v) is 11.6. The first-order chi connectivity index (χ1) is 9.23. The summed E-state index contributed by atoms with van der Waals surface area (Å²) < 4.78 is 0. The minimum atomic E-state index is -0.907. The van der Waals surface area contributed by atoms with Crippen LogP contribution >= 0.6 is 23.5 Å². The minimum Gasteiger partial charge on any atom is -0.312 e. The van der Waals surface area contributed by atoms with Gasteiger partial charge in [0.25, 0.3) is 5.91 Å². The molecule has 0 aromatic heterocycles. The smallest absolute Gasteiger partial charge is 0.250 e. The van der Waals surface area contributed by atoms with Crippen molar-refractivity contribution in [3.05, 3.63) is 35.9 Å². The summed E-state index contributed by atoms with van der Waals surface area (Å²) in [7, 11) is 0. The molecule has 0 radical (unpaired) electrons. The zero-order valence-electron chi connectivity index (χ0n) is 10.0. The first kappa shape index (κ1) is 12.8. The van der Waals surface area contributed by atoms with Crippen LogP contribution in [0.2, 0.25) is 0 Å². The van der Waals surface area contributed by atoms with Gasteiger partial charge in [-0.25, -0.2) is 4.84 Å². The SMILES string of the molecule is N#C[C@@H]1CS[C@H]2C[C@](NCl)(c3ccccc3)C(=O)N12. The molecule has 0 saturated carbocycles. The van der Waals surface area contributed by atoms with Crippen molar-refractivity contribution in [3.63, 3.8) is 0 Å². The van der Waals surface area contributed by atoms with E-state index in [0.29, 0.717) is 12.2 Å². The van der Waals surface area contributed by atoms with E-state index in [1.54, 1.807) is 16.7 Å². The number of carbonyl (C=O) groups excluding carboxylic acids is 1. The zero-order chi connectivity index (χ0) is 13.5. The maximum atomic E-state index is 12.7. The van der Waals surface area contributed by atoms with E-state index >= 15 is 0 Å². The van der Waals surface area contributed by atoms with Gasteiger partial charge in [0.2, 0.25) is 0 Å². The van der Waals surface area contributed by atoms with Crippen LogP contribution < -0.4 is 4.84 Å². The highest BCUT2D eigenvalue weighted by molar-refractivity contribution is 8.00. The number of benzene rings is 1. The number of nitrogens with zero attached hydrogens (tertiary/aromatic N) is 2. The lowest BCUT2D eigenvalue weighted by molar-refractivity contribution is -0.133. The average Bonchev–Trinajstić information content (AvgIpc) is 2.98. The number of halogens is 1. The van der Waals surface area contributed by atoms with Gasteiger partial charge < -0.3 is 4.90 Å². The Morgan fingerprint density at radius 2 is 2.21 bits per heavy atom. The highest BCUT2D eigenvalue weighted by Gasteiger charge is 2.57. The summed E-state index contributed by atoms with van der Waals surface area (Å²) in [5.41, 5.74) is -0.0580. The number of hydrogen-bond acceptors (Lipinski definition) is 4. The monoisotopic (exact) mass is 293 g/mol. The van der Waals surface area contributed by atoms with Gasteiger partial charge in [-0.3, -0.25) is 4.79 Å². The predicted octanol–water partition coefficient (Wildman–Crippen LogP) is 1.82. The van der Waals surface area contributed by atoms with Gasteiger partial charge >= 0.3 is 0 Å². The van der Waals surface area contributed by atoms with Crippen molar-refractivity contribution in [3.8, 4) is 6.07 Å². The van der Waals surface area contributed by atoms with E-state index in [0.717, 1.165) is 5.56 Å². The number of nitrogens with one attached hydrogen (secondary N) is 1. The molecule has 1 amide bonds. The lowest BCUT2D eigenvalue weighted by atomic mass is 9.89. The van der Waals surface area contributed by atoms with E-state index < -0.39 is 5.54 Å². The molecule has 0 bridgehead atoms. The van der Waals surface area contributed by atoms with Crippen molar-refractivity contribution in [1.29, 1.82) is 5.26 Å². The largest absolute Gasteiger partial charge is 0.312 e. The number of nitriles is 1. The van der Waals surface area contributed by atoms with Gasteiger partial charge in [0, 0.05) is 12.2 Å². The summed E-state index contributed by atoms with van der Waals surface area (Å²) in [5, 5.41) is 9.16. The van der Waals surface area contributed by atoms with Crippen LogP contribution in [0.5, 0.6) is 0 Å². The molecule has 0 aliphatic carbocycles. The Labute approximate surface area is 120 Å². The van der Waals surface area contributed by atoms with Crippen LogP contribution in [0.25, 0.3) is 0 Å². The van der Waals surface area contributed by atoms with Crippen LogP contribution in [0.4, 0.5) is 0 Å². The molecule has 1 N–H and O–H groups in total. The van der Waals surface area contributed by atoms with Gasteiger partial charge in [-0.1, -0.05) is 30.3 Å². The van der Waals surface area contributed by atoms with Crippen molar-refractivity contribution in [2.24, 2.45) is 0 Å². The normalized spacial score (nSPS) is 33.3. The fourth-order valence-corrected chi connectivity index (χ4v) is 4.44. The quantitative estimate of drug-likeness (QED) is 0.845.